The van der Waals surface area contributed by atoms with E-state index < -0.39 is 10.1 Å². The Bertz CT molecular complexity index is 744. The molecule has 0 bridgehead atoms. The molecule has 0 aliphatic rings. The van der Waals surface area contributed by atoms with E-state index in [1.54, 1.807) is 18.2 Å². The van der Waals surface area contributed by atoms with Gasteiger partial charge >= 0.3 is 0 Å². The van der Waals surface area contributed by atoms with Gasteiger partial charge in [-0.25, -0.2) is 0 Å². The van der Waals surface area contributed by atoms with Gasteiger partial charge in [0.1, 0.15) is 0 Å². The fourth-order valence-corrected chi connectivity index (χ4v) is 2.39. The van der Waals surface area contributed by atoms with E-state index in [0.717, 1.165) is 16.9 Å². The average Bonchev–Trinajstić information content (AvgIpc) is 2.54. The molecule has 7 heteroatoms. The quantitative estimate of drug-likeness (QED) is 0.462. The molecule has 0 saturated carbocycles. The van der Waals surface area contributed by atoms with Crippen molar-refractivity contribution in [1.29, 1.82) is 0 Å². The maximum Gasteiger partial charge on any atom is 0.266 e. The normalized spacial score (nSPS) is 11.6. The molecular weight excluding hydrogens is 314 g/mol. The Balaban J connectivity index is 1.91. The van der Waals surface area contributed by atoms with Gasteiger partial charge in [-0.3, -0.25) is 9.98 Å². The second-order valence-corrected chi connectivity index (χ2v) is 6.61. The molecule has 0 atom stereocenters. The van der Waals surface area contributed by atoms with Gasteiger partial charge in [0, 0.05) is 19.3 Å². The van der Waals surface area contributed by atoms with Gasteiger partial charge in [0.15, 0.2) is 0 Å². The summed E-state index contributed by atoms with van der Waals surface area (Å²) in [6.45, 7) is 0.224. The molecule has 122 valence electrons. The highest BCUT2D eigenvalue weighted by Gasteiger charge is 2.07. The highest BCUT2D eigenvalue weighted by atomic mass is 32.2. The molecule has 0 amide bonds. The predicted octanol–water partition coefficient (Wildman–Crippen LogP) is 2.46. The Kier molecular flexibility index (Phi) is 5.72. The van der Waals surface area contributed by atoms with E-state index in [4.69, 9.17) is 4.55 Å². The smallest absolute Gasteiger partial charge is 0.266 e. The van der Waals surface area contributed by atoms with Crippen molar-refractivity contribution in [3.8, 4) is 0 Å². The van der Waals surface area contributed by atoms with Gasteiger partial charge < -0.3 is 4.90 Å². The van der Waals surface area contributed by atoms with Crippen LogP contribution in [-0.2, 0) is 10.1 Å². The molecule has 23 heavy (non-hydrogen) atoms. The van der Waals surface area contributed by atoms with Crippen LogP contribution in [0.25, 0.3) is 0 Å². The highest BCUT2D eigenvalue weighted by molar-refractivity contribution is 7.85. The van der Waals surface area contributed by atoms with Crippen molar-refractivity contribution in [2.24, 2.45) is 5.10 Å². The molecule has 0 spiro atoms. The van der Waals surface area contributed by atoms with Gasteiger partial charge in [0.25, 0.3) is 10.1 Å². The molecule has 0 aliphatic carbocycles. The van der Waals surface area contributed by atoms with Crippen molar-refractivity contribution in [1.82, 2.24) is 0 Å². The number of anilines is 2. The molecule has 0 heterocycles. The number of nitrogens with zero attached hydrogens (tertiary/aromatic N) is 2. The van der Waals surface area contributed by atoms with Gasteiger partial charge in [0.05, 0.1) is 17.7 Å². The zero-order valence-corrected chi connectivity index (χ0v) is 13.6. The summed E-state index contributed by atoms with van der Waals surface area (Å²) in [7, 11) is -2.18. The molecule has 0 saturated heterocycles. The fourth-order valence-electron chi connectivity index (χ4n) is 1.89. The highest BCUT2D eigenvalue weighted by Crippen LogP contribution is 2.13. The van der Waals surface area contributed by atoms with E-state index in [2.05, 4.69) is 10.5 Å². The maximum absolute atomic E-state index is 10.8. The number of para-hydroxylation sites is 1. The second-order valence-electron chi connectivity index (χ2n) is 5.04. The van der Waals surface area contributed by atoms with E-state index in [0.29, 0.717) is 0 Å². The van der Waals surface area contributed by atoms with Crippen LogP contribution in [0.15, 0.2) is 59.7 Å². The topological polar surface area (TPSA) is 82.0 Å². The minimum atomic E-state index is -3.94. The first-order valence-electron chi connectivity index (χ1n) is 7.04. The van der Waals surface area contributed by atoms with Gasteiger partial charge in [-0.2, -0.15) is 13.5 Å². The van der Waals surface area contributed by atoms with E-state index in [-0.39, 0.29) is 12.3 Å². The number of hydrogen-bond donors (Lipinski definition) is 2. The third-order valence-electron chi connectivity index (χ3n) is 3.20. The Morgan fingerprint density at radius 3 is 2.39 bits per heavy atom. The average molecular weight is 333 g/mol. The third-order valence-corrected chi connectivity index (χ3v) is 3.90. The Labute approximate surface area is 136 Å². The van der Waals surface area contributed by atoms with Crippen molar-refractivity contribution < 1.29 is 13.0 Å². The molecule has 0 aromatic heterocycles. The summed E-state index contributed by atoms with van der Waals surface area (Å²) in [5.41, 5.74) is 5.62. The molecule has 2 N–H and O–H groups in total. The summed E-state index contributed by atoms with van der Waals surface area (Å²) in [6, 6.07) is 17.1. The number of hydrogen-bond acceptors (Lipinski definition) is 5. The largest absolute Gasteiger partial charge is 0.373 e. The molecule has 0 aliphatic heterocycles. The minimum absolute atomic E-state index is 0.224. The Morgan fingerprint density at radius 1 is 1.13 bits per heavy atom. The number of hydrazone groups is 1. The molecule has 6 nitrogen and oxygen atoms in total. The van der Waals surface area contributed by atoms with E-state index in [9.17, 15) is 8.42 Å². The van der Waals surface area contributed by atoms with Crippen molar-refractivity contribution in [3.05, 3.63) is 60.2 Å². The predicted molar refractivity (Wildman–Crippen MR) is 93.8 cm³/mol. The van der Waals surface area contributed by atoms with E-state index in [1.807, 2.05) is 54.6 Å². The summed E-state index contributed by atoms with van der Waals surface area (Å²) in [5, 5.41) is 4.15. The SMILES string of the molecule is CN(CCS(=O)(=O)O)c1ccc(C=NNc2ccccc2)cc1. The zero-order valence-electron chi connectivity index (χ0n) is 12.8. The van der Waals surface area contributed by atoms with E-state index >= 15 is 0 Å². The molecule has 2 aromatic carbocycles. The molecular formula is C16H19N3O3S. The van der Waals surface area contributed by atoms with Gasteiger partial charge in [0.2, 0.25) is 0 Å². The Hall–Kier alpha value is -2.38. The summed E-state index contributed by atoms with van der Waals surface area (Å²) in [5.74, 6) is -0.298. The van der Waals surface area contributed by atoms with Crippen molar-refractivity contribution in [3.63, 3.8) is 0 Å². The summed E-state index contributed by atoms with van der Waals surface area (Å²) < 4.78 is 30.3. The summed E-state index contributed by atoms with van der Waals surface area (Å²) >= 11 is 0. The van der Waals surface area contributed by atoms with Crippen LogP contribution in [-0.4, -0.2) is 38.5 Å². The van der Waals surface area contributed by atoms with Gasteiger partial charge in [-0.05, 0) is 29.8 Å². The minimum Gasteiger partial charge on any atom is -0.373 e. The maximum atomic E-state index is 10.8. The van der Waals surface area contributed by atoms with Crippen LogP contribution in [0.1, 0.15) is 5.56 Å². The summed E-state index contributed by atoms with van der Waals surface area (Å²) in [6.07, 6.45) is 1.70. The zero-order chi connectivity index (χ0) is 16.7. The molecule has 2 rings (SSSR count). The van der Waals surface area contributed by atoms with Crippen molar-refractivity contribution in [2.75, 3.05) is 29.7 Å². The number of nitrogens with one attached hydrogen (secondary N) is 1. The molecule has 0 unspecified atom stereocenters. The lowest BCUT2D eigenvalue weighted by atomic mass is 10.2. The van der Waals surface area contributed by atoms with Crippen LogP contribution in [0.5, 0.6) is 0 Å². The van der Waals surface area contributed by atoms with Crippen molar-refractivity contribution in [2.45, 2.75) is 0 Å². The molecule has 0 fully saturated rings. The summed E-state index contributed by atoms with van der Waals surface area (Å²) in [4.78, 5) is 1.76. The molecule has 0 radical (unpaired) electrons. The number of benzene rings is 2. The molecule has 2 aromatic rings. The standard InChI is InChI=1S/C16H19N3O3S/c1-19(11-12-23(20,21)22)16-9-7-14(8-10-16)13-17-18-15-5-3-2-4-6-15/h2-10,13,18H,11-12H2,1H3,(H,20,21,22). The van der Waals surface area contributed by atoms with E-state index in [1.165, 1.54) is 0 Å². The fraction of sp³-hybridized carbons (Fsp3) is 0.188. The lowest BCUT2D eigenvalue weighted by molar-refractivity contribution is 0.483. The Morgan fingerprint density at radius 2 is 1.78 bits per heavy atom. The second kappa shape index (κ2) is 7.75. The van der Waals surface area contributed by atoms with Crippen LogP contribution >= 0.6 is 0 Å². The lowest BCUT2D eigenvalue weighted by Gasteiger charge is -2.18. The first kappa shape index (κ1) is 17.0. The third kappa shape index (κ3) is 6.09. The van der Waals surface area contributed by atoms with Crippen LogP contribution < -0.4 is 10.3 Å². The number of rotatable bonds is 7. The first-order valence-corrected chi connectivity index (χ1v) is 8.65. The first-order chi connectivity index (χ1) is 10.9. The monoisotopic (exact) mass is 333 g/mol. The van der Waals surface area contributed by atoms with Crippen LogP contribution in [0.4, 0.5) is 11.4 Å². The van der Waals surface area contributed by atoms with Crippen molar-refractivity contribution >= 4 is 27.7 Å². The van der Waals surface area contributed by atoms with Crippen LogP contribution in [0, 0.1) is 0 Å². The van der Waals surface area contributed by atoms with Crippen LogP contribution in [0.2, 0.25) is 0 Å². The van der Waals surface area contributed by atoms with Gasteiger partial charge in [-0.15, -0.1) is 0 Å². The lowest BCUT2D eigenvalue weighted by Crippen LogP contribution is -2.24. The van der Waals surface area contributed by atoms with Gasteiger partial charge in [-0.1, -0.05) is 30.3 Å². The van der Waals surface area contributed by atoms with Crippen LogP contribution in [0.3, 0.4) is 0 Å².